The van der Waals surface area contributed by atoms with Crippen LogP contribution in [-0.4, -0.2) is 56.3 Å². The van der Waals surface area contributed by atoms with Gasteiger partial charge in [0.1, 0.15) is 12.7 Å². The summed E-state index contributed by atoms with van der Waals surface area (Å²) in [6, 6.07) is 28.8. The van der Waals surface area contributed by atoms with E-state index in [0.29, 0.717) is 26.2 Å². The van der Waals surface area contributed by atoms with Gasteiger partial charge in [-0.1, -0.05) is 91.0 Å². The first-order valence-electron chi connectivity index (χ1n) is 11.0. The van der Waals surface area contributed by atoms with Crippen LogP contribution < -0.4 is 0 Å². The number of ether oxygens (including phenoxy) is 1. The summed E-state index contributed by atoms with van der Waals surface area (Å²) in [7, 11) is -3.42. The zero-order valence-corrected chi connectivity index (χ0v) is 19.2. The molecule has 0 aliphatic carbocycles. The van der Waals surface area contributed by atoms with Crippen LogP contribution in [0, 0.1) is 0 Å². The van der Waals surface area contributed by atoms with E-state index >= 15 is 0 Å². The van der Waals surface area contributed by atoms with Crippen molar-refractivity contribution in [1.29, 1.82) is 0 Å². The van der Waals surface area contributed by atoms with Gasteiger partial charge in [0.05, 0.1) is 5.75 Å². The zero-order chi connectivity index (χ0) is 23.1. The van der Waals surface area contributed by atoms with Crippen molar-refractivity contribution in [1.82, 2.24) is 9.21 Å². The van der Waals surface area contributed by atoms with Gasteiger partial charge in [-0.25, -0.2) is 8.42 Å². The van der Waals surface area contributed by atoms with Crippen molar-refractivity contribution in [2.75, 3.05) is 32.8 Å². The fraction of sp³-hybridized carbons (Fsp3) is 0.269. The molecule has 0 radical (unpaired) electrons. The van der Waals surface area contributed by atoms with E-state index in [1.54, 1.807) is 4.90 Å². The second-order valence-electron chi connectivity index (χ2n) is 8.03. The number of rotatable bonds is 8. The van der Waals surface area contributed by atoms with Gasteiger partial charge in [0, 0.05) is 26.2 Å². The SMILES string of the molecule is O=C(COC(c1ccccc1)c1ccccc1)N1CCN(S(=O)(=O)Cc2ccccc2)CC1. The Kier molecular flexibility index (Phi) is 7.54. The highest BCUT2D eigenvalue weighted by Crippen LogP contribution is 2.26. The topological polar surface area (TPSA) is 66.9 Å². The lowest BCUT2D eigenvalue weighted by Gasteiger charge is -2.34. The van der Waals surface area contributed by atoms with Crippen molar-refractivity contribution in [3.8, 4) is 0 Å². The summed E-state index contributed by atoms with van der Waals surface area (Å²) in [6.45, 7) is 1.24. The molecule has 172 valence electrons. The Morgan fingerprint density at radius 1 is 0.758 bits per heavy atom. The van der Waals surface area contributed by atoms with Crippen LogP contribution in [0.3, 0.4) is 0 Å². The van der Waals surface area contributed by atoms with Gasteiger partial charge in [0.15, 0.2) is 0 Å². The molecule has 1 saturated heterocycles. The quantitative estimate of drug-likeness (QED) is 0.512. The second kappa shape index (κ2) is 10.7. The molecule has 33 heavy (non-hydrogen) atoms. The Bertz CT molecular complexity index is 1090. The molecule has 0 saturated carbocycles. The summed E-state index contributed by atoms with van der Waals surface area (Å²) in [5.41, 5.74) is 2.72. The van der Waals surface area contributed by atoms with Crippen LogP contribution in [0.5, 0.6) is 0 Å². The van der Waals surface area contributed by atoms with E-state index in [4.69, 9.17) is 4.74 Å². The summed E-state index contributed by atoms with van der Waals surface area (Å²) >= 11 is 0. The van der Waals surface area contributed by atoms with Gasteiger partial charge in [-0.05, 0) is 16.7 Å². The van der Waals surface area contributed by atoms with Gasteiger partial charge in [-0.15, -0.1) is 0 Å². The molecule has 3 aromatic carbocycles. The molecule has 3 aromatic rings. The highest BCUT2D eigenvalue weighted by molar-refractivity contribution is 7.88. The third kappa shape index (κ3) is 6.07. The normalized spacial score (nSPS) is 15.0. The lowest BCUT2D eigenvalue weighted by molar-refractivity contribution is -0.138. The number of nitrogens with zero attached hydrogens (tertiary/aromatic N) is 2. The summed E-state index contributed by atoms with van der Waals surface area (Å²) in [5, 5.41) is 0. The maximum atomic E-state index is 12.8. The van der Waals surface area contributed by atoms with Crippen LogP contribution in [0.4, 0.5) is 0 Å². The Morgan fingerprint density at radius 2 is 1.24 bits per heavy atom. The third-order valence-corrected chi connectivity index (χ3v) is 7.60. The number of piperazine rings is 1. The largest absolute Gasteiger partial charge is 0.359 e. The molecule has 1 aliphatic rings. The minimum Gasteiger partial charge on any atom is -0.359 e. The molecule has 0 aromatic heterocycles. The van der Waals surface area contributed by atoms with Gasteiger partial charge in [0.25, 0.3) is 0 Å². The highest BCUT2D eigenvalue weighted by Gasteiger charge is 2.29. The minimum atomic E-state index is -3.42. The lowest BCUT2D eigenvalue weighted by atomic mass is 10.0. The number of sulfonamides is 1. The minimum absolute atomic E-state index is 0.0271. The molecule has 1 aliphatic heterocycles. The molecule has 6 nitrogen and oxygen atoms in total. The molecule has 0 N–H and O–H groups in total. The fourth-order valence-electron chi connectivity index (χ4n) is 3.98. The van der Waals surface area contributed by atoms with Gasteiger partial charge >= 0.3 is 0 Å². The molecule has 4 rings (SSSR count). The van der Waals surface area contributed by atoms with Crippen molar-refractivity contribution in [2.45, 2.75) is 11.9 Å². The lowest BCUT2D eigenvalue weighted by Crippen LogP contribution is -2.51. The van der Waals surface area contributed by atoms with Gasteiger partial charge in [0.2, 0.25) is 15.9 Å². The Morgan fingerprint density at radius 3 is 1.76 bits per heavy atom. The number of carbonyl (C=O) groups excluding carboxylic acids is 1. The molecule has 0 bridgehead atoms. The number of hydrogen-bond acceptors (Lipinski definition) is 4. The first-order valence-corrected chi connectivity index (χ1v) is 12.6. The van der Waals surface area contributed by atoms with Gasteiger partial charge in [-0.2, -0.15) is 4.31 Å². The molecule has 1 heterocycles. The van der Waals surface area contributed by atoms with E-state index in [2.05, 4.69) is 0 Å². The molecule has 1 amide bonds. The van der Waals surface area contributed by atoms with E-state index in [9.17, 15) is 13.2 Å². The van der Waals surface area contributed by atoms with E-state index < -0.39 is 10.0 Å². The van der Waals surface area contributed by atoms with Crippen LogP contribution >= 0.6 is 0 Å². The molecule has 7 heteroatoms. The predicted octanol–water partition coefficient (Wildman–Crippen LogP) is 3.47. The average Bonchev–Trinajstić information content (AvgIpc) is 2.86. The smallest absolute Gasteiger partial charge is 0.248 e. The summed E-state index contributed by atoms with van der Waals surface area (Å²) in [5.74, 6) is -0.159. The number of carbonyl (C=O) groups is 1. The molecule has 0 unspecified atom stereocenters. The molecular weight excluding hydrogens is 436 g/mol. The number of hydrogen-bond donors (Lipinski definition) is 0. The number of amides is 1. The van der Waals surface area contributed by atoms with Crippen LogP contribution in [0.25, 0.3) is 0 Å². The maximum Gasteiger partial charge on any atom is 0.248 e. The fourth-order valence-corrected chi connectivity index (χ4v) is 5.49. The molecule has 1 fully saturated rings. The van der Waals surface area contributed by atoms with Crippen molar-refractivity contribution >= 4 is 15.9 Å². The Balaban J connectivity index is 1.34. The van der Waals surface area contributed by atoms with E-state index in [-0.39, 0.29) is 24.4 Å². The summed E-state index contributed by atoms with van der Waals surface area (Å²) in [6.07, 6.45) is -0.344. The molecular formula is C26H28N2O4S. The summed E-state index contributed by atoms with van der Waals surface area (Å²) < 4.78 is 33.1. The first-order chi connectivity index (χ1) is 16.0. The van der Waals surface area contributed by atoms with Crippen molar-refractivity contribution in [3.63, 3.8) is 0 Å². The van der Waals surface area contributed by atoms with Crippen LogP contribution in [0.15, 0.2) is 91.0 Å². The highest BCUT2D eigenvalue weighted by atomic mass is 32.2. The zero-order valence-electron chi connectivity index (χ0n) is 18.4. The second-order valence-corrected chi connectivity index (χ2v) is 10.0. The molecule has 0 spiro atoms. The van der Waals surface area contributed by atoms with Crippen molar-refractivity contribution in [3.05, 3.63) is 108 Å². The Hall–Kier alpha value is -3.00. The van der Waals surface area contributed by atoms with Crippen molar-refractivity contribution < 1.29 is 17.9 Å². The third-order valence-electron chi connectivity index (χ3n) is 5.75. The first kappa shape index (κ1) is 23.2. The monoisotopic (exact) mass is 464 g/mol. The van der Waals surface area contributed by atoms with Crippen molar-refractivity contribution in [2.24, 2.45) is 0 Å². The summed E-state index contributed by atoms with van der Waals surface area (Å²) in [4.78, 5) is 14.5. The Labute approximate surface area is 195 Å². The van der Waals surface area contributed by atoms with Gasteiger partial charge in [-0.3, -0.25) is 4.79 Å². The van der Waals surface area contributed by atoms with Crippen LogP contribution in [-0.2, 0) is 25.3 Å². The maximum absolute atomic E-state index is 12.8. The predicted molar refractivity (Wildman–Crippen MR) is 128 cm³/mol. The average molecular weight is 465 g/mol. The van der Waals surface area contributed by atoms with Gasteiger partial charge < -0.3 is 9.64 Å². The molecule has 0 atom stereocenters. The van der Waals surface area contributed by atoms with Crippen LogP contribution in [0.2, 0.25) is 0 Å². The number of benzene rings is 3. The van der Waals surface area contributed by atoms with Crippen LogP contribution in [0.1, 0.15) is 22.8 Å². The van der Waals surface area contributed by atoms with E-state index in [1.165, 1.54) is 4.31 Å². The van der Waals surface area contributed by atoms with E-state index in [0.717, 1.165) is 16.7 Å². The standard InChI is InChI=1S/C26H28N2O4S/c29-25(20-32-26(23-12-6-2-7-13-23)24-14-8-3-9-15-24)27-16-18-28(19-17-27)33(30,31)21-22-10-4-1-5-11-22/h1-15,26H,16-21H2. The van der Waals surface area contributed by atoms with E-state index in [1.807, 2.05) is 91.0 Å².